The predicted molar refractivity (Wildman–Crippen MR) is 118 cm³/mol. The summed E-state index contributed by atoms with van der Waals surface area (Å²) in [6, 6.07) is 11.1. The largest absolute Gasteiger partial charge is 0.376 e. The molecule has 160 valence electrons. The van der Waals surface area contributed by atoms with Gasteiger partial charge in [0.1, 0.15) is 0 Å². The van der Waals surface area contributed by atoms with Gasteiger partial charge >= 0.3 is 0 Å². The summed E-state index contributed by atoms with van der Waals surface area (Å²) in [6.07, 6.45) is 0.962. The molecule has 0 saturated carbocycles. The van der Waals surface area contributed by atoms with E-state index in [0.29, 0.717) is 11.6 Å². The van der Waals surface area contributed by atoms with Crippen molar-refractivity contribution in [2.45, 2.75) is 36.0 Å². The maximum atomic E-state index is 12.9. The zero-order chi connectivity index (χ0) is 22.0. The molecule has 0 aliphatic carbocycles. The molecule has 2 aromatic rings. The fourth-order valence-electron chi connectivity index (χ4n) is 2.77. The average Bonchev–Trinajstić information content (AvgIpc) is 2.66. The zero-order valence-corrected chi connectivity index (χ0v) is 19.3. The normalized spacial score (nSPS) is 13.3. The molecule has 1 atom stereocenters. The van der Waals surface area contributed by atoms with Crippen LogP contribution in [0.1, 0.15) is 31.7 Å². The van der Waals surface area contributed by atoms with Gasteiger partial charge in [0.15, 0.2) is 0 Å². The number of anilines is 2. The molecule has 0 aliphatic heterocycles. The number of benzene rings is 2. The van der Waals surface area contributed by atoms with E-state index < -0.39 is 20.0 Å². The van der Waals surface area contributed by atoms with Crippen molar-refractivity contribution in [3.05, 3.63) is 48.0 Å². The summed E-state index contributed by atoms with van der Waals surface area (Å²) in [7, 11) is -1.21. The third-order valence-electron chi connectivity index (χ3n) is 4.84. The molecule has 0 aliphatic rings. The number of nitrogens with one attached hydrogen (secondary N) is 1. The van der Waals surface area contributed by atoms with E-state index >= 15 is 0 Å². The molecule has 0 heterocycles. The molecule has 0 amide bonds. The van der Waals surface area contributed by atoms with Gasteiger partial charge in [-0.3, -0.25) is 4.72 Å². The second kappa shape index (κ2) is 8.73. The van der Waals surface area contributed by atoms with Gasteiger partial charge in [-0.1, -0.05) is 26.0 Å². The molecular weight excluding hydrogens is 410 g/mol. The molecule has 9 heteroatoms. The number of nitrogens with zero attached hydrogens (tertiary/aromatic N) is 2. The first kappa shape index (κ1) is 23.2. The van der Waals surface area contributed by atoms with Crippen LogP contribution in [-0.2, 0) is 20.0 Å². The highest BCUT2D eigenvalue weighted by Crippen LogP contribution is 2.31. The van der Waals surface area contributed by atoms with Gasteiger partial charge in [-0.05, 0) is 48.2 Å². The van der Waals surface area contributed by atoms with E-state index in [0.717, 1.165) is 16.3 Å². The van der Waals surface area contributed by atoms with Crippen LogP contribution >= 0.6 is 0 Å². The van der Waals surface area contributed by atoms with Gasteiger partial charge in [0.2, 0.25) is 10.0 Å². The van der Waals surface area contributed by atoms with Gasteiger partial charge in [0.25, 0.3) is 10.0 Å². The SMILES string of the molecule is CC[C@H](C)c1ccc(S(=O)(=O)Nc2cc(S(=O)(=O)N(C)C)ccc2N(C)C)cc1. The van der Waals surface area contributed by atoms with Gasteiger partial charge in [0, 0.05) is 28.2 Å². The van der Waals surface area contributed by atoms with Gasteiger partial charge < -0.3 is 4.90 Å². The highest BCUT2D eigenvalue weighted by Gasteiger charge is 2.22. The molecule has 0 saturated heterocycles. The fraction of sp³-hybridized carbons (Fsp3) is 0.400. The van der Waals surface area contributed by atoms with E-state index in [-0.39, 0.29) is 15.5 Å². The smallest absolute Gasteiger partial charge is 0.261 e. The second-order valence-electron chi connectivity index (χ2n) is 7.34. The highest BCUT2D eigenvalue weighted by atomic mass is 32.2. The lowest BCUT2D eigenvalue weighted by atomic mass is 9.99. The topological polar surface area (TPSA) is 86.8 Å². The molecule has 0 unspecified atom stereocenters. The van der Waals surface area contributed by atoms with Gasteiger partial charge in [-0.15, -0.1) is 0 Å². The molecule has 29 heavy (non-hydrogen) atoms. The molecule has 2 aromatic carbocycles. The van der Waals surface area contributed by atoms with Gasteiger partial charge in [0.05, 0.1) is 21.2 Å². The maximum absolute atomic E-state index is 12.9. The number of rotatable bonds is 8. The van der Waals surface area contributed by atoms with E-state index in [1.807, 2.05) is 12.1 Å². The summed E-state index contributed by atoms with van der Waals surface area (Å²) in [5.74, 6) is 0.341. The van der Waals surface area contributed by atoms with Crippen LogP contribution in [0.4, 0.5) is 11.4 Å². The van der Waals surface area contributed by atoms with Crippen molar-refractivity contribution in [2.75, 3.05) is 37.8 Å². The molecule has 0 fully saturated rings. The molecule has 0 bridgehead atoms. The van der Waals surface area contributed by atoms with Gasteiger partial charge in [-0.25, -0.2) is 21.1 Å². The lowest BCUT2D eigenvalue weighted by Gasteiger charge is -2.20. The summed E-state index contributed by atoms with van der Waals surface area (Å²) in [5.41, 5.74) is 1.82. The Labute approximate surface area is 174 Å². The van der Waals surface area contributed by atoms with E-state index in [2.05, 4.69) is 18.6 Å². The van der Waals surface area contributed by atoms with Crippen molar-refractivity contribution in [2.24, 2.45) is 0 Å². The van der Waals surface area contributed by atoms with E-state index in [4.69, 9.17) is 0 Å². The Kier molecular flexibility index (Phi) is 6.97. The summed E-state index contributed by atoms with van der Waals surface area (Å²) in [6.45, 7) is 4.16. The molecule has 1 N–H and O–H groups in total. The van der Waals surface area contributed by atoms with Crippen LogP contribution in [0, 0.1) is 0 Å². The van der Waals surface area contributed by atoms with E-state index in [1.165, 1.54) is 26.2 Å². The minimum absolute atomic E-state index is 0.0120. The molecule has 0 spiro atoms. The summed E-state index contributed by atoms with van der Waals surface area (Å²) < 4.78 is 54.4. The third kappa shape index (κ3) is 5.09. The van der Waals surface area contributed by atoms with E-state index in [1.54, 1.807) is 37.2 Å². The van der Waals surface area contributed by atoms with Crippen molar-refractivity contribution in [1.82, 2.24) is 4.31 Å². The van der Waals surface area contributed by atoms with Crippen molar-refractivity contribution in [3.63, 3.8) is 0 Å². The van der Waals surface area contributed by atoms with Crippen molar-refractivity contribution >= 4 is 31.4 Å². The van der Waals surface area contributed by atoms with Gasteiger partial charge in [-0.2, -0.15) is 0 Å². The minimum atomic E-state index is -3.89. The van der Waals surface area contributed by atoms with Crippen LogP contribution in [0.15, 0.2) is 52.3 Å². The van der Waals surface area contributed by atoms with Crippen LogP contribution in [0.25, 0.3) is 0 Å². The lowest BCUT2D eigenvalue weighted by molar-refractivity contribution is 0.521. The Morgan fingerprint density at radius 1 is 0.897 bits per heavy atom. The Morgan fingerprint density at radius 3 is 1.93 bits per heavy atom. The highest BCUT2D eigenvalue weighted by molar-refractivity contribution is 7.92. The number of hydrogen-bond acceptors (Lipinski definition) is 5. The standard InChI is InChI=1S/C20H29N3O4S2/c1-7-15(2)16-8-10-17(11-9-16)28(24,25)21-19-14-18(29(26,27)23(5)6)12-13-20(19)22(3)4/h8-15,21H,7H2,1-6H3/t15-/m0/s1. The van der Waals surface area contributed by atoms with Crippen LogP contribution < -0.4 is 9.62 Å². The Hall–Kier alpha value is -2.10. The van der Waals surface area contributed by atoms with E-state index in [9.17, 15) is 16.8 Å². The second-order valence-corrected chi connectivity index (χ2v) is 11.2. The maximum Gasteiger partial charge on any atom is 0.261 e. The van der Waals surface area contributed by atoms with Crippen molar-refractivity contribution < 1.29 is 16.8 Å². The quantitative estimate of drug-likeness (QED) is 0.682. The van der Waals surface area contributed by atoms with Crippen LogP contribution in [-0.4, -0.2) is 49.3 Å². The fourth-order valence-corrected chi connectivity index (χ4v) is 4.77. The first-order chi connectivity index (χ1) is 13.4. The molecule has 0 radical (unpaired) electrons. The third-order valence-corrected chi connectivity index (χ3v) is 8.04. The average molecular weight is 440 g/mol. The Bertz CT molecular complexity index is 1060. The van der Waals surface area contributed by atoms with Crippen molar-refractivity contribution in [1.29, 1.82) is 0 Å². The summed E-state index contributed by atoms with van der Waals surface area (Å²) in [4.78, 5) is 1.85. The summed E-state index contributed by atoms with van der Waals surface area (Å²) in [5, 5.41) is 0. The lowest BCUT2D eigenvalue weighted by Crippen LogP contribution is -2.23. The first-order valence-corrected chi connectivity index (χ1v) is 12.2. The molecular formula is C20H29N3O4S2. The molecule has 7 nitrogen and oxygen atoms in total. The molecule has 0 aromatic heterocycles. The first-order valence-electron chi connectivity index (χ1n) is 9.26. The Morgan fingerprint density at radius 2 is 1.45 bits per heavy atom. The van der Waals surface area contributed by atoms with Crippen LogP contribution in [0.2, 0.25) is 0 Å². The zero-order valence-electron chi connectivity index (χ0n) is 17.7. The summed E-state index contributed by atoms with van der Waals surface area (Å²) >= 11 is 0. The number of hydrogen-bond donors (Lipinski definition) is 1. The number of sulfonamides is 2. The molecule has 2 rings (SSSR count). The van der Waals surface area contributed by atoms with Crippen LogP contribution in [0.5, 0.6) is 0 Å². The monoisotopic (exact) mass is 439 g/mol. The van der Waals surface area contributed by atoms with Crippen LogP contribution in [0.3, 0.4) is 0 Å². The predicted octanol–water partition coefficient (Wildman–Crippen LogP) is 3.32. The Balaban J connectivity index is 2.48. The minimum Gasteiger partial charge on any atom is -0.376 e. The van der Waals surface area contributed by atoms with Crippen molar-refractivity contribution in [3.8, 4) is 0 Å².